The van der Waals surface area contributed by atoms with Crippen LogP contribution in [-0.4, -0.2) is 42.8 Å². The molecule has 104 valence electrons. The molecular weight excluding hydrogens is 250 g/mol. The highest BCUT2D eigenvalue weighted by molar-refractivity contribution is 7.90. The average molecular weight is 273 g/mol. The molecule has 18 heavy (non-hydrogen) atoms. The lowest BCUT2D eigenvalue weighted by molar-refractivity contribution is 0.570. The predicted molar refractivity (Wildman–Crippen MR) is 73.4 cm³/mol. The molecule has 0 saturated carbocycles. The van der Waals surface area contributed by atoms with Gasteiger partial charge in [0.2, 0.25) is 0 Å². The van der Waals surface area contributed by atoms with E-state index in [2.05, 4.69) is 24.3 Å². The molecule has 0 spiro atoms. The van der Waals surface area contributed by atoms with E-state index in [4.69, 9.17) is 0 Å². The lowest BCUT2D eigenvalue weighted by Gasteiger charge is -2.06. The van der Waals surface area contributed by atoms with Crippen molar-refractivity contribution in [2.45, 2.75) is 39.3 Å². The fourth-order valence-corrected chi connectivity index (χ4v) is 2.12. The molecule has 0 bridgehead atoms. The number of sulfone groups is 1. The van der Waals surface area contributed by atoms with Crippen LogP contribution < -0.4 is 5.32 Å². The summed E-state index contributed by atoms with van der Waals surface area (Å²) < 4.78 is 23.8. The first kappa shape index (κ1) is 15.2. The Balaban J connectivity index is 2.30. The highest BCUT2D eigenvalue weighted by atomic mass is 32.2. The van der Waals surface area contributed by atoms with Gasteiger partial charge >= 0.3 is 0 Å². The zero-order chi connectivity index (χ0) is 13.6. The Hall–Kier alpha value is -0.880. The number of nitrogens with zero attached hydrogens (tertiary/aromatic N) is 2. The highest BCUT2D eigenvalue weighted by Gasteiger charge is 2.04. The van der Waals surface area contributed by atoms with Crippen LogP contribution in [0.3, 0.4) is 0 Å². The van der Waals surface area contributed by atoms with Crippen molar-refractivity contribution in [3.63, 3.8) is 0 Å². The van der Waals surface area contributed by atoms with Crippen molar-refractivity contribution in [2.75, 3.05) is 18.6 Å². The van der Waals surface area contributed by atoms with Gasteiger partial charge in [-0.3, -0.25) is 4.68 Å². The second-order valence-corrected chi connectivity index (χ2v) is 7.21. The van der Waals surface area contributed by atoms with Gasteiger partial charge in [0.1, 0.15) is 9.84 Å². The monoisotopic (exact) mass is 273 g/mol. The summed E-state index contributed by atoms with van der Waals surface area (Å²) in [6, 6.07) is 0.516. The van der Waals surface area contributed by atoms with E-state index in [1.807, 2.05) is 12.4 Å². The van der Waals surface area contributed by atoms with Crippen LogP contribution in [0.15, 0.2) is 12.4 Å². The van der Waals surface area contributed by atoms with Crippen LogP contribution in [0.25, 0.3) is 0 Å². The molecule has 1 N–H and O–H groups in total. The maximum absolute atomic E-state index is 11.0. The Labute approximate surface area is 109 Å². The van der Waals surface area contributed by atoms with E-state index in [9.17, 15) is 8.42 Å². The second kappa shape index (κ2) is 6.89. The molecule has 0 aliphatic carbocycles. The summed E-state index contributed by atoms with van der Waals surface area (Å²) in [5.74, 6) is 0.142. The maximum atomic E-state index is 11.0. The summed E-state index contributed by atoms with van der Waals surface area (Å²) in [7, 11) is -2.91. The van der Waals surface area contributed by atoms with E-state index < -0.39 is 9.84 Å². The quantitative estimate of drug-likeness (QED) is 0.714. The molecular formula is C12H23N3O2S. The minimum Gasteiger partial charge on any atom is -0.315 e. The predicted octanol–water partition coefficient (Wildman–Crippen LogP) is 0.858. The third kappa shape index (κ3) is 6.76. The molecule has 0 saturated heterocycles. The average Bonchev–Trinajstić information content (AvgIpc) is 2.68. The number of nitrogens with one attached hydrogen (secondary N) is 1. The molecule has 0 aromatic carbocycles. The number of rotatable bonds is 8. The van der Waals surface area contributed by atoms with Crippen LogP contribution in [0.2, 0.25) is 0 Å². The lowest BCUT2D eigenvalue weighted by Crippen LogP contribution is -2.23. The van der Waals surface area contributed by atoms with Gasteiger partial charge < -0.3 is 5.32 Å². The Morgan fingerprint density at radius 1 is 1.44 bits per heavy atom. The summed E-state index contributed by atoms with van der Waals surface area (Å²) in [6.45, 7) is 5.68. The van der Waals surface area contributed by atoms with E-state index in [1.54, 1.807) is 4.68 Å². The molecule has 1 rings (SSSR count). The van der Waals surface area contributed by atoms with Gasteiger partial charge in [-0.1, -0.05) is 13.8 Å². The first-order valence-corrected chi connectivity index (χ1v) is 8.35. The van der Waals surface area contributed by atoms with Gasteiger partial charge in [-0.15, -0.1) is 0 Å². The van der Waals surface area contributed by atoms with Crippen molar-refractivity contribution in [3.05, 3.63) is 18.0 Å². The van der Waals surface area contributed by atoms with E-state index in [0.717, 1.165) is 24.9 Å². The number of aryl methyl sites for hydroxylation is 2. The maximum Gasteiger partial charge on any atom is 0.149 e. The van der Waals surface area contributed by atoms with Crippen molar-refractivity contribution in [1.29, 1.82) is 0 Å². The van der Waals surface area contributed by atoms with Crippen LogP contribution >= 0.6 is 0 Å². The Morgan fingerprint density at radius 2 is 2.17 bits per heavy atom. The third-order valence-corrected chi connectivity index (χ3v) is 3.50. The SMILES string of the molecule is CC(C)NCCCc1cnn(CCS(C)(=O)=O)c1. The van der Waals surface area contributed by atoms with Gasteiger partial charge in [0, 0.05) is 18.5 Å². The smallest absolute Gasteiger partial charge is 0.149 e. The number of hydrogen-bond acceptors (Lipinski definition) is 4. The van der Waals surface area contributed by atoms with Crippen molar-refractivity contribution >= 4 is 9.84 Å². The van der Waals surface area contributed by atoms with Crippen molar-refractivity contribution in [2.24, 2.45) is 0 Å². The fraction of sp³-hybridized carbons (Fsp3) is 0.750. The summed E-state index contributed by atoms with van der Waals surface area (Å²) in [5.41, 5.74) is 1.16. The van der Waals surface area contributed by atoms with Crippen LogP contribution in [0.1, 0.15) is 25.8 Å². The first-order chi connectivity index (χ1) is 8.37. The molecule has 0 aliphatic heterocycles. The van der Waals surface area contributed by atoms with E-state index in [0.29, 0.717) is 12.6 Å². The van der Waals surface area contributed by atoms with Crippen molar-refractivity contribution in [1.82, 2.24) is 15.1 Å². The molecule has 0 aliphatic rings. The molecule has 0 unspecified atom stereocenters. The van der Waals surface area contributed by atoms with Gasteiger partial charge in [-0.25, -0.2) is 8.42 Å². The van der Waals surface area contributed by atoms with Gasteiger partial charge in [-0.2, -0.15) is 5.10 Å². The normalized spacial score (nSPS) is 12.2. The molecule has 5 nitrogen and oxygen atoms in total. The minimum atomic E-state index is -2.91. The number of aromatic nitrogens is 2. The topological polar surface area (TPSA) is 64.0 Å². The Morgan fingerprint density at radius 3 is 2.78 bits per heavy atom. The molecule has 0 fully saturated rings. The van der Waals surface area contributed by atoms with Gasteiger partial charge in [0.15, 0.2) is 0 Å². The molecule has 1 aromatic heterocycles. The fourth-order valence-electron chi connectivity index (χ4n) is 1.60. The summed E-state index contributed by atoms with van der Waals surface area (Å²) in [6.07, 6.45) is 7.03. The lowest BCUT2D eigenvalue weighted by atomic mass is 10.2. The second-order valence-electron chi connectivity index (χ2n) is 4.95. The van der Waals surface area contributed by atoms with Gasteiger partial charge in [-0.05, 0) is 24.9 Å². The third-order valence-electron chi connectivity index (χ3n) is 2.57. The van der Waals surface area contributed by atoms with E-state index >= 15 is 0 Å². The molecule has 6 heteroatoms. The van der Waals surface area contributed by atoms with E-state index in [-0.39, 0.29) is 5.75 Å². The Kier molecular flexibility index (Phi) is 5.81. The highest BCUT2D eigenvalue weighted by Crippen LogP contribution is 2.02. The molecule has 0 radical (unpaired) electrons. The molecule has 1 heterocycles. The largest absolute Gasteiger partial charge is 0.315 e. The molecule has 0 amide bonds. The van der Waals surface area contributed by atoms with Crippen LogP contribution in [0.4, 0.5) is 0 Å². The first-order valence-electron chi connectivity index (χ1n) is 6.29. The van der Waals surface area contributed by atoms with E-state index in [1.165, 1.54) is 6.26 Å². The molecule has 0 atom stereocenters. The van der Waals surface area contributed by atoms with Crippen LogP contribution in [0, 0.1) is 0 Å². The van der Waals surface area contributed by atoms with Gasteiger partial charge in [0.05, 0.1) is 18.5 Å². The zero-order valence-electron chi connectivity index (χ0n) is 11.4. The van der Waals surface area contributed by atoms with Gasteiger partial charge in [0.25, 0.3) is 0 Å². The van der Waals surface area contributed by atoms with Crippen LogP contribution in [0.5, 0.6) is 0 Å². The summed E-state index contributed by atoms with van der Waals surface area (Å²) in [4.78, 5) is 0. The minimum absolute atomic E-state index is 0.142. The molecule has 1 aromatic rings. The Bertz CT molecular complexity index is 452. The summed E-state index contributed by atoms with van der Waals surface area (Å²) >= 11 is 0. The van der Waals surface area contributed by atoms with Crippen molar-refractivity contribution in [3.8, 4) is 0 Å². The standard InChI is InChI=1S/C12H23N3O2S/c1-11(2)13-6-4-5-12-9-14-15(10-12)7-8-18(3,16)17/h9-11,13H,4-8H2,1-3H3. The van der Waals surface area contributed by atoms with Crippen molar-refractivity contribution < 1.29 is 8.42 Å². The number of hydrogen-bond donors (Lipinski definition) is 1. The summed E-state index contributed by atoms with van der Waals surface area (Å²) in [5, 5.41) is 7.53. The zero-order valence-corrected chi connectivity index (χ0v) is 12.2. The van der Waals surface area contributed by atoms with Crippen LogP contribution in [-0.2, 0) is 22.8 Å².